The van der Waals surface area contributed by atoms with Crippen molar-refractivity contribution >= 4 is 64.3 Å². The molecule has 2 aliphatic rings. The Hall–Kier alpha value is -1.11. The van der Waals surface area contributed by atoms with Gasteiger partial charge >= 0.3 is 0 Å². The highest BCUT2D eigenvalue weighted by atomic mass is 127. The fourth-order valence-electron chi connectivity index (χ4n) is 2.80. The highest BCUT2D eigenvalue weighted by Gasteiger charge is 2.26. The van der Waals surface area contributed by atoms with Gasteiger partial charge in [-0.1, -0.05) is 53.7 Å². The van der Waals surface area contributed by atoms with E-state index < -0.39 is 0 Å². The summed E-state index contributed by atoms with van der Waals surface area (Å²) in [6.07, 6.45) is 4.21. The zero-order chi connectivity index (χ0) is 15.1. The first-order chi connectivity index (χ1) is 10.7. The molecule has 2 heterocycles. The lowest BCUT2D eigenvalue weighted by atomic mass is 10.0. The summed E-state index contributed by atoms with van der Waals surface area (Å²) in [6.45, 7) is 0. The maximum Gasteiger partial charge on any atom is 0.130 e. The average molecular weight is 454 g/mol. The molecule has 0 bridgehead atoms. The third-order valence-electron chi connectivity index (χ3n) is 3.91. The van der Waals surface area contributed by atoms with Crippen molar-refractivity contribution in [3.8, 4) is 0 Å². The van der Waals surface area contributed by atoms with Crippen LogP contribution >= 0.6 is 47.3 Å². The monoisotopic (exact) mass is 453 g/mol. The number of fused-ring (bicyclic) bond motifs is 2. The lowest BCUT2D eigenvalue weighted by molar-refractivity contribution is 0.990. The molecule has 0 aliphatic carbocycles. The minimum Gasteiger partial charge on any atom is -0.358 e. The molecule has 1 unspecified atom stereocenters. The van der Waals surface area contributed by atoms with E-state index in [1.807, 2.05) is 36.0 Å². The van der Waals surface area contributed by atoms with Gasteiger partial charge in [0.1, 0.15) is 5.16 Å². The second-order valence-corrected chi connectivity index (χ2v) is 6.85. The van der Waals surface area contributed by atoms with E-state index in [-0.39, 0.29) is 29.4 Å². The summed E-state index contributed by atoms with van der Waals surface area (Å²) in [4.78, 5) is 3.61. The van der Waals surface area contributed by atoms with Crippen molar-refractivity contribution < 1.29 is 0 Å². The van der Waals surface area contributed by atoms with Gasteiger partial charge in [0.25, 0.3) is 0 Å². The van der Waals surface area contributed by atoms with E-state index in [9.17, 15) is 0 Å². The van der Waals surface area contributed by atoms with Crippen LogP contribution in [0.2, 0.25) is 0 Å². The van der Waals surface area contributed by atoms with Crippen molar-refractivity contribution in [2.45, 2.75) is 10.3 Å². The van der Waals surface area contributed by atoms with Gasteiger partial charge in [-0.3, -0.25) is 0 Å². The van der Waals surface area contributed by atoms with E-state index in [0.29, 0.717) is 5.16 Å². The lowest BCUT2D eigenvalue weighted by Crippen LogP contribution is -2.22. The number of nitrogens with zero attached hydrogens (tertiary/aromatic N) is 2. The lowest BCUT2D eigenvalue weighted by Gasteiger charge is -2.21. The maximum atomic E-state index is 6.18. The number of anilines is 1. The van der Waals surface area contributed by atoms with Crippen LogP contribution in [0.5, 0.6) is 0 Å². The van der Waals surface area contributed by atoms with E-state index in [0.717, 1.165) is 16.8 Å². The second-order valence-electron chi connectivity index (χ2n) is 5.31. The summed E-state index contributed by atoms with van der Waals surface area (Å²) in [5.41, 5.74) is 4.48. The highest BCUT2D eigenvalue weighted by Crippen LogP contribution is 2.44. The third-order valence-corrected chi connectivity index (χ3v) is 5.40. The molecule has 2 nitrogen and oxygen atoms in total. The second kappa shape index (κ2) is 6.79. The van der Waals surface area contributed by atoms with Crippen LogP contribution in [0.3, 0.4) is 0 Å². The number of benzene rings is 2. The van der Waals surface area contributed by atoms with Crippen molar-refractivity contribution in [3.05, 3.63) is 71.4 Å². The number of allylic oxidation sites excluding steroid dienone is 2. The molecular weight excluding hydrogens is 439 g/mol. The van der Waals surface area contributed by atoms with Gasteiger partial charge in [0, 0.05) is 17.5 Å². The molecule has 2 aromatic rings. The zero-order valence-electron chi connectivity index (χ0n) is 12.4. The van der Waals surface area contributed by atoms with Gasteiger partial charge in [0.2, 0.25) is 0 Å². The van der Waals surface area contributed by atoms with Gasteiger partial charge in [-0.2, -0.15) is 0 Å². The van der Waals surface area contributed by atoms with Crippen LogP contribution in [0.4, 0.5) is 11.4 Å². The number of likely N-dealkylation sites (N-methyl/N-ethyl adjacent to an activating group) is 1. The molecule has 0 N–H and O–H groups in total. The van der Waals surface area contributed by atoms with Gasteiger partial charge in [0.05, 0.1) is 16.7 Å². The zero-order valence-corrected chi connectivity index (χ0v) is 16.3. The Morgan fingerprint density at radius 1 is 1.13 bits per heavy atom. The van der Waals surface area contributed by atoms with E-state index in [1.165, 1.54) is 10.6 Å². The summed E-state index contributed by atoms with van der Waals surface area (Å²) in [5, 5.41) is 5.19. The number of para-hydroxylation sites is 2. The molecule has 2 aromatic carbocycles. The minimum absolute atomic E-state index is 0. The van der Waals surface area contributed by atoms with Crippen LogP contribution < -0.4 is 10.2 Å². The molecule has 0 saturated carbocycles. The van der Waals surface area contributed by atoms with Crippen LogP contribution in [0.25, 0.3) is 5.57 Å². The highest BCUT2D eigenvalue weighted by molar-refractivity contribution is 14.0. The van der Waals surface area contributed by atoms with Crippen molar-refractivity contribution in [3.63, 3.8) is 0 Å². The number of hydrogen-bond donors (Lipinski definition) is 0. The molecular formula is C18H15ClIN2S. The Labute approximate surface area is 162 Å². The Morgan fingerprint density at radius 3 is 2.70 bits per heavy atom. The van der Waals surface area contributed by atoms with E-state index >= 15 is 0 Å². The number of halogens is 2. The fourth-order valence-corrected chi connectivity index (χ4v) is 4.25. The number of rotatable bonds is 1. The molecule has 5 heteroatoms. The summed E-state index contributed by atoms with van der Waals surface area (Å²) >= 11 is 8.04. The first-order valence-corrected chi connectivity index (χ1v) is 8.37. The van der Waals surface area contributed by atoms with Gasteiger partial charge in [-0.25, -0.2) is 5.32 Å². The standard InChI is InChI=1S/C18H14ClN2S.HI/c1-21-15-8-4-5-9-16(15)22-18(21)11-12-10-17(19)20-14-7-3-2-6-13(12)14;/h2-11,18H,1H3;1H. The molecule has 0 aromatic heterocycles. The molecule has 1 atom stereocenters. The largest absolute Gasteiger partial charge is 0.358 e. The smallest absolute Gasteiger partial charge is 0.130 e. The molecule has 23 heavy (non-hydrogen) atoms. The molecule has 2 aliphatic heterocycles. The average Bonchev–Trinajstić information content (AvgIpc) is 2.84. The molecule has 0 saturated heterocycles. The quantitative estimate of drug-likeness (QED) is 0.414. The van der Waals surface area contributed by atoms with E-state index in [2.05, 4.69) is 53.7 Å². The summed E-state index contributed by atoms with van der Waals surface area (Å²) in [6, 6.07) is 16.6. The van der Waals surface area contributed by atoms with Crippen molar-refractivity contribution in [2.75, 3.05) is 11.9 Å². The molecule has 4 rings (SSSR count). The van der Waals surface area contributed by atoms with Gasteiger partial charge in [-0.15, -0.1) is 24.0 Å². The minimum atomic E-state index is 0. The Kier molecular flexibility index (Phi) is 4.94. The predicted molar refractivity (Wildman–Crippen MR) is 110 cm³/mol. The first kappa shape index (κ1) is 16.7. The van der Waals surface area contributed by atoms with Crippen LogP contribution in [0, 0.1) is 0 Å². The van der Waals surface area contributed by atoms with Gasteiger partial charge < -0.3 is 4.90 Å². The van der Waals surface area contributed by atoms with Crippen LogP contribution in [0.1, 0.15) is 5.56 Å². The first-order valence-electron chi connectivity index (χ1n) is 7.11. The molecule has 0 spiro atoms. The van der Waals surface area contributed by atoms with E-state index in [4.69, 9.17) is 11.6 Å². The van der Waals surface area contributed by atoms with Crippen LogP contribution in [-0.2, 0) is 0 Å². The summed E-state index contributed by atoms with van der Waals surface area (Å²) in [7, 11) is 2.13. The normalized spacial score (nSPS) is 20.3. The molecule has 1 radical (unpaired) electrons. The van der Waals surface area contributed by atoms with Crippen molar-refractivity contribution in [2.24, 2.45) is 0 Å². The Bertz CT molecular complexity index is 803. The third kappa shape index (κ3) is 3.12. The van der Waals surface area contributed by atoms with Crippen LogP contribution in [-0.4, -0.2) is 12.4 Å². The number of thioether (sulfide) groups is 1. The Morgan fingerprint density at radius 2 is 1.87 bits per heavy atom. The topological polar surface area (TPSA) is 17.3 Å². The molecule has 0 amide bonds. The van der Waals surface area contributed by atoms with Crippen molar-refractivity contribution in [1.29, 1.82) is 0 Å². The molecule has 0 fully saturated rings. The maximum absolute atomic E-state index is 6.18. The SMILES string of the molecule is CN1c2ccccc2SC1C=C1C=C(Cl)[N]c2ccccc21.I. The van der Waals surface area contributed by atoms with Crippen LogP contribution in [0.15, 0.2) is 70.7 Å². The number of hydrogen-bond acceptors (Lipinski definition) is 2. The molecule has 117 valence electrons. The predicted octanol–water partition coefficient (Wildman–Crippen LogP) is 5.59. The van der Waals surface area contributed by atoms with Crippen molar-refractivity contribution in [1.82, 2.24) is 5.32 Å². The van der Waals surface area contributed by atoms with Gasteiger partial charge in [-0.05, 0) is 35.9 Å². The summed E-state index contributed by atoms with van der Waals surface area (Å²) in [5.74, 6) is 0. The van der Waals surface area contributed by atoms with E-state index in [1.54, 1.807) is 0 Å². The van der Waals surface area contributed by atoms with Gasteiger partial charge in [0.15, 0.2) is 0 Å². The fraction of sp³-hybridized carbons (Fsp3) is 0.111. The Balaban J connectivity index is 0.00000156. The summed E-state index contributed by atoms with van der Waals surface area (Å²) < 4.78 is 0.